The smallest absolute Gasteiger partial charge is 0.271 e. The molecule has 0 unspecified atom stereocenters. The van der Waals surface area contributed by atoms with E-state index in [4.69, 9.17) is 49.0 Å². The number of nitrogens with one attached hydrogen (secondary N) is 1. The Hall–Kier alpha value is -3.71. The molecule has 0 aliphatic heterocycles. The maximum atomic E-state index is 12.5. The summed E-state index contributed by atoms with van der Waals surface area (Å²) in [5.74, 6) is 1.43. The van der Waals surface area contributed by atoms with E-state index in [2.05, 4.69) is 10.5 Å². The van der Waals surface area contributed by atoms with Crippen LogP contribution in [0.5, 0.6) is 17.2 Å². The van der Waals surface area contributed by atoms with Gasteiger partial charge in [-0.15, -0.1) is 0 Å². The molecule has 0 atom stereocenters. The fourth-order valence-electron chi connectivity index (χ4n) is 3.47. The third-order valence-electron chi connectivity index (χ3n) is 5.48. The Bertz CT molecular complexity index is 1440. The molecular formula is C30H25Cl3N2O4. The maximum Gasteiger partial charge on any atom is 0.271 e. The molecule has 0 aliphatic rings. The van der Waals surface area contributed by atoms with E-state index >= 15 is 0 Å². The number of hydrazone groups is 1. The molecule has 200 valence electrons. The summed E-state index contributed by atoms with van der Waals surface area (Å²) in [4.78, 5) is 12.5. The Morgan fingerprint density at radius 3 is 2.26 bits per heavy atom. The Morgan fingerprint density at radius 2 is 1.54 bits per heavy atom. The quantitative estimate of drug-likeness (QED) is 0.144. The molecule has 9 heteroatoms. The van der Waals surface area contributed by atoms with Crippen LogP contribution in [0.4, 0.5) is 0 Å². The lowest BCUT2D eigenvalue weighted by Crippen LogP contribution is -2.17. The first-order valence-electron chi connectivity index (χ1n) is 12.1. The number of ether oxygens (including phenoxy) is 3. The predicted octanol–water partition coefficient (Wildman–Crippen LogP) is 7.97. The Kier molecular flexibility index (Phi) is 10.1. The van der Waals surface area contributed by atoms with E-state index in [0.29, 0.717) is 51.1 Å². The first-order valence-corrected chi connectivity index (χ1v) is 13.2. The van der Waals surface area contributed by atoms with Crippen molar-refractivity contribution in [2.24, 2.45) is 5.10 Å². The van der Waals surface area contributed by atoms with Gasteiger partial charge in [-0.2, -0.15) is 5.10 Å². The molecule has 1 N–H and O–H groups in total. The number of hydrogen-bond donors (Lipinski definition) is 1. The second-order valence-electron chi connectivity index (χ2n) is 8.30. The van der Waals surface area contributed by atoms with Crippen LogP contribution in [0.3, 0.4) is 0 Å². The average molecular weight is 584 g/mol. The van der Waals surface area contributed by atoms with Gasteiger partial charge in [-0.25, -0.2) is 5.43 Å². The van der Waals surface area contributed by atoms with Gasteiger partial charge in [-0.05, 0) is 84.8 Å². The topological polar surface area (TPSA) is 69.2 Å². The molecule has 0 heterocycles. The van der Waals surface area contributed by atoms with Crippen molar-refractivity contribution in [3.8, 4) is 17.2 Å². The molecular weight excluding hydrogens is 559 g/mol. The van der Waals surface area contributed by atoms with Gasteiger partial charge < -0.3 is 14.2 Å². The zero-order valence-corrected chi connectivity index (χ0v) is 23.3. The maximum absolute atomic E-state index is 12.5. The van der Waals surface area contributed by atoms with Gasteiger partial charge in [0.15, 0.2) is 11.5 Å². The third-order valence-corrected chi connectivity index (χ3v) is 6.32. The zero-order valence-electron chi connectivity index (χ0n) is 21.0. The predicted molar refractivity (Wildman–Crippen MR) is 156 cm³/mol. The van der Waals surface area contributed by atoms with Crippen molar-refractivity contribution in [2.45, 2.75) is 20.1 Å². The third kappa shape index (κ3) is 8.39. The van der Waals surface area contributed by atoms with Crippen LogP contribution in [0.1, 0.15) is 34.0 Å². The molecule has 0 aromatic heterocycles. The zero-order chi connectivity index (χ0) is 27.6. The van der Waals surface area contributed by atoms with Crippen LogP contribution < -0.4 is 19.6 Å². The second-order valence-corrected chi connectivity index (χ2v) is 9.58. The van der Waals surface area contributed by atoms with Crippen molar-refractivity contribution in [1.82, 2.24) is 5.43 Å². The Morgan fingerprint density at radius 1 is 0.795 bits per heavy atom. The van der Waals surface area contributed by atoms with E-state index in [0.717, 1.165) is 16.7 Å². The molecule has 0 radical (unpaired) electrons. The van der Waals surface area contributed by atoms with Gasteiger partial charge in [-0.1, -0.05) is 53.0 Å². The van der Waals surface area contributed by atoms with E-state index in [-0.39, 0.29) is 12.5 Å². The highest BCUT2D eigenvalue weighted by Crippen LogP contribution is 2.29. The van der Waals surface area contributed by atoms with Crippen LogP contribution >= 0.6 is 34.8 Å². The van der Waals surface area contributed by atoms with Crippen molar-refractivity contribution in [2.75, 3.05) is 6.61 Å². The Labute approximate surface area is 242 Å². The van der Waals surface area contributed by atoms with Crippen LogP contribution in [-0.2, 0) is 13.2 Å². The Balaban J connectivity index is 1.31. The normalized spacial score (nSPS) is 10.9. The lowest BCUT2D eigenvalue weighted by Gasteiger charge is -2.12. The molecule has 4 aromatic carbocycles. The number of carbonyl (C=O) groups excluding carboxylic acids is 1. The van der Waals surface area contributed by atoms with Crippen molar-refractivity contribution < 1.29 is 19.0 Å². The number of benzene rings is 4. The average Bonchev–Trinajstić information content (AvgIpc) is 2.93. The van der Waals surface area contributed by atoms with E-state index in [1.807, 2.05) is 43.3 Å². The van der Waals surface area contributed by atoms with E-state index in [9.17, 15) is 4.79 Å². The minimum atomic E-state index is -0.355. The SMILES string of the molecule is CCOc1cc(/C=N\NC(=O)c2ccc(OCc3ccc(Cl)cc3Cl)cc2)ccc1OCc1ccc(Cl)cc1. The van der Waals surface area contributed by atoms with Crippen LogP contribution in [0.15, 0.2) is 90.0 Å². The minimum absolute atomic E-state index is 0.278. The van der Waals surface area contributed by atoms with Gasteiger partial charge in [0.05, 0.1) is 12.8 Å². The number of hydrogen-bond acceptors (Lipinski definition) is 5. The van der Waals surface area contributed by atoms with Gasteiger partial charge in [0.1, 0.15) is 19.0 Å². The van der Waals surface area contributed by atoms with Crippen molar-refractivity contribution in [3.63, 3.8) is 0 Å². The van der Waals surface area contributed by atoms with Gasteiger partial charge in [0.25, 0.3) is 5.91 Å². The highest BCUT2D eigenvalue weighted by Gasteiger charge is 2.08. The molecule has 0 aliphatic carbocycles. The first kappa shape index (κ1) is 28.3. The summed E-state index contributed by atoms with van der Waals surface area (Å²) < 4.78 is 17.4. The fraction of sp³-hybridized carbons (Fsp3) is 0.133. The van der Waals surface area contributed by atoms with E-state index in [1.165, 1.54) is 6.21 Å². The standard InChI is InChI=1S/C30H25Cl3N2O4/c1-2-37-29-15-21(5-14-28(29)39-18-20-3-9-24(31)10-4-20)17-34-35-30(36)22-7-12-26(13-8-22)38-19-23-6-11-25(32)16-27(23)33/h3-17H,2,18-19H2,1H3,(H,35,36)/b34-17-. The van der Waals surface area contributed by atoms with E-state index < -0.39 is 0 Å². The highest BCUT2D eigenvalue weighted by atomic mass is 35.5. The summed E-state index contributed by atoms with van der Waals surface area (Å²) in [7, 11) is 0. The molecule has 0 bridgehead atoms. The fourth-order valence-corrected chi connectivity index (χ4v) is 4.06. The van der Waals surface area contributed by atoms with Crippen LogP contribution in [0.2, 0.25) is 15.1 Å². The number of amides is 1. The van der Waals surface area contributed by atoms with Crippen molar-refractivity contribution >= 4 is 46.9 Å². The van der Waals surface area contributed by atoms with Gasteiger partial charge in [-0.3, -0.25) is 4.79 Å². The number of rotatable bonds is 11. The molecule has 6 nitrogen and oxygen atoms in total. The van der Waals surface area contributed by atoms with Gasteiger partial charge in [0, 0.05) is 26.2 Å². The summed E-state index contributed by atoms with van der Waals surface area (Å²) in [5, 5.41) is 5.84. The minimum Gasteiger partial charge on any atom is -0.490 e. The van der Waals surface area contributed by atoms with Crippen LogP contribution in [-0.4, -0.2) is 18.7 Å². The number of nitrogens with zero attached hydrogens (tertiary/aromatic N) is 1. The lowest BCUT2D eigenvalue weighted by atomic mass is 10.2. The molecule has 0 fully saturated rings. The summed E-state index contributed by atoms with van der Waals surface area (Å²) in [6, 6.07) is 24.8. The van der Waals surface area contributed by atoms with Crippen LogP contribution in [0, 0.1) is 0 Å². The molecule has 39 heavy (non-hydrogen) atoms. The van der Waals surface area contributed by atoms with Crippen molar-refractivity contribution in [3.05, 3.63) is 122 Å². The molecule has 4 aromatic rings. The van der Waals surface area contributed by atoms with Gasteiger partial charge in [0.2, 0.25) is 0 Å². The monoisotopic (exact) mass is 582 g/mol. The van der Waals surface area contributed by atoms with Gasteiger partial charge >= 0.3 is 0 Å². The first-order chi connectivity index (χ1) is 18.9. The summed E-state index contributed by atoms with van der Waals surface area (Å²) in [6.07, 6.45) is 1.54. The molecule has 0 saturated carbocycles. The summed E-state index contributed by atoms with van der Waals surface area (Å²) >= 11 is 18.0. The largest absolute Gasteiger partial charge is 0.490 e. The molecule has 1 amide bonds. The highest BCUT2D eigenvalue weighted by molar-refractivity contribution is 6.35. The lowest BCUT2D eigenvalue weighted by molar-refractivity contribution is 0.0955. The number of halogens is 3. The summed E-state index contributed by atoms with van der Waals surface area (Å²) in [5.41, 5.74) is 5.50. The molecule has 0 saturated heterocycles. The molecule has 4 rings (SSSR count). The van der Waals surface area contributed by atoms with E-state index in [1.54, 1.807) is 48.5 Å². The van der Waals surface area contributed by atoms with Crippen molar-refractivity contribution in [1.29, 1.82) is 0 Å². The summed E-state index contributed by atoms with van der Waals surface area (Å²) in [6.45, 7) is 3.02. The second kappa shape index (κ2) is 13.9. The van der Waals surface area contributed by atoms with Crippen LogP contribution in [0.25, 0.3) is 0 Å². The molecule has 0 spiro atoms. The number of carbonyl (C=O) groups is 1.